The number of aliphatic hydroxyl groups excluding tert-OH is 1. The average molecular weight is 1670 g/mol. The van der Waals surface area contributed by atoms with Crippen molar-refractivity contribution < 1.29 is 100 Å². The summed E-state index contributed by atoms with van der Waals surface area (Å²) in [6.07, 6.45) is 28.0. The number of fused-ring (bicyclic) bond motifs is 2. The molecule has 2 amide bonds. The molecule has 29 nitrogen and oxygen atoms in total. The lowest BCUT2D eigenvalue weighted by atomic mass is 9.79. The molecule has 8 atom stereocenters. The van der Waals surface area contributed by atoms with Crippen LogP contribution in [0, 0.1) is 29.6 Å². The number of alkyl carbamates (subject to hydrolysis) is 1. The number of nitrogens with one attached hydrogen (secondary N) is 2. The number of aromatic amines is 1. The van der Waals surface area contributed by atoms with E-state index in [1.54, 1.807) is 19.1 Å². The number of H-pyrrole nitrogens is 1. The number of ketones is 3. The first-order valence-electron chi connectivity index (χ1n) is 43.8. The highest BCUT2D eigenvalue weighted by Crippen LogP contribution is 2.41. The van der Waals surface area contributed by atoms with Gasteiger partial charge in [0.25, 0.3) is 12.4 Å². The number of benzene rings is 1. The summed E-state index contributed by atoms with van der Waals surface area (Å²) < 4.78 is 81.2. The van der Waals surface area contributed by atoms with Gasteiger partial charge in [-0.2, -0.15) is 5.10 Å². The van der Waals surface area contributed by atoms with Crippen molar-refractivity contribution in [2.24, 2.45) is 29.6 Å². The van der Waals surface area contributed by atoms with Crippen molar-refractivity contribution in [1.82, 2.24) is 34.8 Å². The number of carbonyl (C=O) groups excluding carboxylic acids is 6. The molecule has 2 saturated carbocycles. The van der Waals surface area contributed by atoms with Crippen molar-refractivity contribution >= 4 is 58.1 Å². The van der Waals surface area contributed by atoms with Crippen LogP contribution in [-0.4, -0.2) is 260 Å². The zero-order chi connectivity index (χ0) is 84.8. The summed E-state index contributed by atoms with van der Waals surface area (Å²) in [6, 6.07) is 7.93. The molecular weight excluding hydrogens is 1530 g/mol. The predicted molar refractivity (Wildman–Crippen MR) is 452 cm³/mol. The van der Waals surface area contributed by atoms with Crippen molar-refractivity contribution in [2.75, 3.05) is 159 Å². The number of nitrogens with two attached hydrogens (primary N) is 1. The standard InChI is InChI=1S/C90H138N8O21/c1-64(17-10-8-11-18-66(3)82(107-7)60-75-20-15-23-81(118-75)86(103)89(104)97-37-12-9-13-38-97)57-67(4)78(101)61-79(102)68(5)58-65(2)24-32-73(117-63-99)33-25-69-26-34-74(35-27-69)119-90(105)92-36-40-109-42-44-111-46-48-113-50-52-115-54-56-116-55-53-114-51-49-112-47-45-110-43-41-108-39-16-21-77(100)70-28-30-71(31-29-70)88-96-84(85-87(91)93-62-94-98(85)88)76-59-72-19-14-22-80(106-6)83(72)95-76/h8,10-11,14,17-19,22,58-59,62-65,67,69-71,73-75,79,81-82,95,102H,9,12-13,15-16,20-21,23-57,60-61H2,1-7H3,(H,92,105)(H2,91,93,94)/b11-8+,17-10+,66-18+,68-58+/t64-,65+,67-,69?,70?,71?,73+,74?,75?,79+,81?,82+/m1/s1. The van der Waals surface area contributed by atoms with Gasteiger partial charge >= 0.3 is 6.09 Å². The molecule has 29 heteroatoms. The number of nitrogens with zero attached hydrogens (tertiary/aromatic N) is 5. The van der Waals surface area contributed by atoms with E-state index >= 15 is 0 Å². The van der Waals surface area contributed by atoms with Crippen LogP contribution in [0.5, 0.6) is 5.75 Å². The number of likely N-dealkylation sites (tertiary alicyclic amines) is 1. The van der Waals surface area contributed by atoms with Gasteiger partial charge in [-0.05, 0) is 183 Å². The number of nitrogen functional groups attached to an aromatic ring is 1. The second-order valence-electron chi connectivity index (χ2n) is 32.2. The molecular formula is C90H138N8O21. The molecule has 5 heterocycles. The van der Waals surface area contributed by atoms with Gasteiger partial charge in [-0.15, -0.1) is 0 Å². The van der Waals surface area contributed by atoms with Crippen molar-refractivity contribution in [1.29, 1.82) is 0 Å². The number of aromatic nitrogens is 5. The number of hydrogen-bond acceptors (Lipinski definition) is 25. The number of methoxy groups -OCH3 is 2. The Morgan fingerprint density at radius 2 is 1.34 bits per heavy atom. The highest BCUT2D eigenvalue weighted by molar-refractivity contribution is 6.37. The molecule has 0 spiro atoms. The van der Waals surface area contributed by atoms with E-state index in [-0.39, 0.29) is 72.0 Å². The number of ether oxygens (including phenoxy) is 14. The number of allylic oxidation sites excluding steroid dienone is 6. The van der Waals surface area contributed by atoms with Gasteiger partial charge in [0, 0.05) is 75.8 Å². The smallest absolute Gasteiger partial charge is 0.407 e. The number of piperidine rings is 1. The van der Waals surface area contributed by atoms with Crippen LogP contribution in [0.15, 0.2) is 78.2 Å². The molecule has 0 radical (unpaired) electrons. The van der Waals surface area contributed by atoms with Crippen LogP contribution in [-0.2, 0) is 85.6 Å². The Morgan fingerprint density at radius 1 is 0.706 bits per heavy atom. The number of para-hydroxylation sites is 1. The number of imidazole rings is 1. The van der Waals surface area contributed by atoms with Crippen molar-refractivity contribution in [3.05, 3.63) is 84.0 Å². The van der Waals surface area contributed by atoms with Gasteiger partial charge in [0.05, 0.1) is 149 Å². The van der Waals surface area contributed by atoms with Gasteiger partial charge in [-0.1, -0.05) is 69.4 Å². The number of Topliss-reactive ketones (excluding diaryl/α,β-unsaturated/α-hetero) is 3. The van der Waals surface area contributed by atoms with Gasteiger partial charge in [0.2, 0.25) is 5.78 Å². The van der Waals surface area contributed by atoms with E-state index < -0.39 is 30.0 Å². The Labute approximate surface area is 703 Å². The minimum Gasteiger partial charge on any atom is -0.495 e. The largest absolute Gasteiger partial charge is 0.495 e. The zero-order valence-electron chi connectivity index (χ0n) is 71.9. The molecule has 5 N–H and O–H groups in total. The fourth-order valence-electron chi connectivity index (χ4n) is 16.1. The van der Waals surface area contributed by atoms with Crippen LogP contribution in [0.4, 0.5) is 10.6 Å². The van der Waals surface area contributed by atoms with Crippen LogP contribution < -0.4 is 15.8 Å². The quantitative estimate of drug-likeness (QED) is 0.0105. The van der Waals surface area contributed by atoms with E-state index in [1.165, 1.54) is 6.33 Å². The van der Waals surface area contributed by atoms with Crippen molar-refractivity contribution in [2.45, 2.75) is 225 Å². The van der Waals surface area contributed by atoms with Gasteiger partial charge in [0.1, 0.15) is 59.0 Å². The molecule has 119 heavy (non-hydrogen) atoms. The minimum atomic E-state index is -0.880. The summed E-state index contributed by atoms with van der Waals surface area (Å²) >= 11 is 0. The SMILES string of the molecule is COc1cccc2cc(-c3nc(C4CCC(C(=O)CCCOCCOCCOCCOCCOCCOCCOCCOCCOCCNC(=O)OC5CCC(CC[C@H](CC[C@H](C)/C=C(\C)[C@@H](O)CC(=O)[C@H](C)C[C@H](C)/C=C/C=C/C=C(\C)[C@H](CC6CCCC(C(=O)C(=O)N7CCCCC7)O6)OC)OC=O)CC5)CC4)n4ncnc(N)c34)[nH]c12. The third-order valence-electron chi connectivity index (χ3n) is 23.0. The molecule has 2 unspecified atom stereocenters. The lowest BCUT2D eigenvalue weighted by molar-refractivity contribution is -0.157. The zero-order valence-corrected chi connectivity index (χ0v) is 71.9. The molecule has 2 aliphatic carbocycles. The van der Waals surface area contributed by atoms with Crippen LogP contribution in [0.3, 0.4) is 0 Å². The summed E-state index contributed by atoms with van der Waals surface area (Å²) in [4.78, 5) is 91.0. The fourth-order valence-corrected chi connectivity index (χ4v) is 16.1. The lowest BCUT2D eigenvalue weighted by Crippen LogP contribution is -2.46. The van der Waals surface area contributed by atoms with Crippen LogP contribution in [0.25, 0.3) is 27.8 Å². The molecule has 2 saturated heterocycles. The summed E-state index contributed by atoms with van der Waals surface area (Å²) in [6.45, 7) is 19.9. The van der Waals surface area contributed by atoms with E-state index in [0.717, 1.165) is 142 Å². The van der Waals surface area contributed by atoms with Gasteiger partial charge in [-0.25, -0.2) is 19.3 Å². The van der Waals surface area contributed by atoms with E-state index in [0.29, 0.717) is 207 Å². The Balaban J connectivity index is 0.526. The molecule has 4 fully saturated rings. The average Bonchev–Trinajstić information content (AvgIpc) is 1.60. The first-order chi connectivity index (χ1) is 57.9. The number of anilines is 1. The Kier molecular flexibility index (Phi) is 45.3. The highest BCUT2D eigenvalue weighted by atomic mass is 16.6. The van der Waals surface area contributed by atoms with E-state index in [9.17, 15) is 33.9 Å². The molecule has 4 aromatic rings. The van der Waals surface area contributed by atoms with Crippen LogP contribution in [0.1, 0.15) is 194 Å². The number of amides is 2. The van der Waals surface area contributed by atoms with Gasteiger partial charge in [0.15, 0.2) is 5.82 Å². The predicted octanol–water partition coefficient (Wildman–Crippen LogP) is 12.6. The molecule has 664 valence electrons. The second kappa shape index (κ2) is 55.6. The Hall–Kier alpha value is -7.39. The molecule has 8 rings (SSSR count). The molecule has 0 bridgehead atoms. The van der Waals surface area contributed by atoms with E-state index in [2.05, 4.69) is 40.3 Å². The van der Waals surface area contributed by atoms with E-state index in [4.69, 9.17) is 77.0 Å². The summed E-state index contributed by atoms with van der Waals surface area (Å²) in [5, 5.41) is 19.4. The summed E-state index contributed by atoms with van der Waals surface area (Å²) in [7, 11) is 3.32. The third kappa shape index (κ3) is 34.8. The molecule has 3 aromatic heterocycles. The maximum Gasteiger partial charge on any atom is 0.407 e. The molecule has 1 aromatic carbocycles. The maximum absolute atomic E-state index is 13.3. The topological polar surface area (TPSA) is 352 Å². The van der Waals surface area contributed by atoms with Crippen LogP contribution >= 0.6 is 0 Å². The second-order valence-corrected chi connectivity index (χ2v) is 32.2. The maximum atomic E-state index is 13.3. The van der Waals surface area contributed by atoms with Crippen molar-refractivity contribution in [3.8, 4) is 17.1 Å². The normalized spacial score (nSPS) is 20.5. The third-order valence-corrected chi connectivity index (χ3v) is 23.0. The Morgan fingerprint density at radius 3 is 1.96 bits per heavy atom. The number of hydrogen-bond donors (Lipinski definition) is 4. The molecule has 4 aliphatic rings. The summed E-state index contributed by atoms with van der Waals surface area (Å²) in [5.74, 6) is 2.01. The number of aliphatic hydroxyl groups is 1. The minimum absolute atomic E-state index is 0.0167. The monoisotopic (exact) mass is 1670 g/mol. The Bertz CT molecular complexity index is 3750. The fraction of sp³-hybridized carbons (Fsp3) is 0.700. The molecule has 2 aliphatic heterocycles. The lowest BCUT2D eigenvalue weighted by Gasteiger charge is -2.33. The number of carbonyl (C=O) groups is 6. The van der Waals surface area contributed by atoms with Gasteiger partial charge < -0.3 is 92.4 Å². The van der Waals surface area contributed by atoms with Crippen LogP contribution in [0.2, 0.25) is 0 Å². The van der Waals surface area contributed by atoms with E-state index in [1.807, 2.05) is 79.9 Å². The first kappa shape index (κ1) is 97.1. The van der Waals surface area contributed by atoms with Gasteiger partial charge in [-0.3, -0.25) is 24.0 Å². The first-order valence-corrected chi connectivity index (χ1v) is 43.8. The highest BCUT2D eigenvalue weighted by Gasteiger charge is 2.37. The number of rotatable bonds is 60. The summed E-state index contributed by atoms with van der Waals surface area (Å²) in [5.41, 5.74) is 11.2. The van der Waals surface area contributed by atoms with Crippen molar-refractivity contribution in [3.63, 3.8) is 0 Å².